The number of hydrogen-bond donors (Lipinski definition) is 4. The van der Waals surface area contributed by atoms with Gasteiger partial charge < -0.3 is 35.7 Å². The summed E-state index contributed by atoms with van der Waals surface area (Å²) in [5.41, 5.74) is -2.76. The Bertz CT molecular complexity index is 1110. The molecule has 44 heavy (non-hydrogen) atoms. The van der Waals surface area contributed by atoms with Gasteiger partial charge in [-0.2, -0.15) is 0 Å². The van der Waals surface area contributed by atoms with Crippen LogP contribution in [0.1, 0.15) is 93.4 Å². The van der Waals surface area contributed by atoms with Crippen molar-refractivity contribution in [3.8, 4) is 0 Å². The quantitative estimate of drug-likeness (QED) is 0.180. The number of alkyl carbamates (subject to hydrolysis) is 1. The van der Waals surface area contributed by atoms with Gasteiger partial charge in [-0.3, -0.25) is 19.2 Å². The molecule has 0 aromatic heterocycles. The van der Waals surface area contributed by atoms with Gasteiger partial charge in [0.15, 0.2) is 0 Å². The number of Topliss-reactive ketones (excluding diaryl/α,β-unsaturated/α-hetero) is 1. The second-order valence-electron chi connectivity index (χ2n) is 14.9. The van der Waals surface area contributed by atoms with E-state index in [0.717, 1.165) is 32.1 Å². The van der Waals surface area contributed by atoms with E-state index in [-0.39, 0.29) is 30.3 Å². The number of rotatable bonds is 13. The summed E-state index contributed by atoms with van der Waals surface area (Å²) in [5, 5.41) is 11.5. The number of carbonyl (C=O) groups excluding carboxylic acids is 6. The Balaban J connectivity index is 1.87. The predicted molar refractivity (Wildman–Crippen MR) is 164 cm³/mol. The Morgan fingerprint density at radius 2 is 1.66 bits per heavy atom. The zero-order chi connectivity index (χ0) is 33.0. The molecule has 12 heteroatoms. The maximum absolute atomic E-state index is 14.4. The molecule has 6 atom stereocenters. The molecule has 0 spiro atoms. The van der Waals surface area contributed by atoms with Crippen LogP contribution in [0.3, 0.4) is 0 Å². The Kier molecular flexibility index (Phi) is 11.2. The number of methoxy groups -OCH3 is 1. The number of fused-ring (bicyclic) bond motifs is 1. The van der Waals surface area contributed by atoms with Crippen LogP contribution in [0.4, 0.5) is 4.79 Å². The molecule has 0 aromatic carbocycles. The summed E-state index contributed by atoms with van der Waals surface area (Å²) in [6, 6.07) is -2.54. The van der Waals surface area contributed by atoms with Crippen molar-refractivity contribution in [2.45, 2.75) is 123 Å². The summed E-state index contributed by atoms with van der Waals surface area (Å²) in [4.78, 5) is 80.3. The highest BCUT2D eigenvalue weighted by atomic mass is 16.5. The number of aldehydes is 1. The molecule has 0 bridgehead atoms. The van der Waals surface area contributed by atoms with Crippen LogP contribution in [0, 0.1) is 22.7 Å². The number of ketones is 1. The van der Waals surface area contributed by atoms with Gasteiger partial charge in [-0.25, -0.2) is 4.79 Å². The SMILES string of the molecule is CCC[C@H](NC(=O)C1[C@H]2CCC[C@H]2CN1C(=O)[C@@H](NC[C@](C=O)(NC(=O)OC)C(C)(C)C)C(C)(C)C)C(=O)C(=O)NC1CC1. The van der Waals surface area contributed by atoms with E-state index >= 15 is 0 Å². The van der Waals surface area contributed by atoms with Gasteiger partial charge >= 0.3 is 6.09 Å². The molecular formula is C32H53N5O7. The summed E-state index contributed by atoms with van der Waals surface area (Å²) in [6.45, 7) is 13.4. The molecule has 1 heterocycles. The highest BCUT2D eigenvalue weighted by molar-refractivity contribution is 6.38. The highest BCUT2D eigenvalue weighted by Gasteiger charge is 2.53. The minimum atomic E-state index is -1.39. The molecular weight excluding hydrogens is 566 g/mol. The summed E-state index contributed by atoms with van der Waals surface area (Å²) in [7, 11) is 1.22. The van der Waals surface area contributed by atoms with Crippen molar-refractivity contribution in [1.82, 2.24) is 26.2 Å². The molecule has 1 aliphatic heterocycles. The van der Waals surface area contributed by atoms with Crippen LogP contribution in [0.5, 0.6) is 0 Å². The fourth-order valence-corrected chi connectivity index (χ4v) is 6.50. The van der Waals surface area contributed by atoms with Crippen molar-refractivity contribution in [3.05, 3.63) is 0 Å². The van der Waals surface area contributed by atoms with Gasteiger partial charge in [0.25, 0.3) is 5.91 Å². The average Bonchev–Trinajstić information content (AvgIpc) is 3.50. The number of carbonyl (C=O) groups is 6. The standard InChI is InChI=1S/C32H53N5O7/c1-9-11-22(24(39)27(41)34-20-14-15-20)35-26(40)23-21-13-10-12-19(21)16-37(23)28(42)25(30(2,3)4)33-17-32(18-38,31(5,6)7)36-29(43)44-8/h18-23,25,33H,9-17H2,1-8H3,(H,34,41)(H,35,40)(H,36,43)/t19-,21-,22-,23?,25+,32+/m0/s1. The lowest BCUT2D eigenvalue weighted by Gasteiger charge is -2.43. The van der Waals surface area contributed by atoms with Crippen LogP contribution in [0.25, 0.3) is 0 Å². The summed E-state index contributed by atoms with van der Waals surface area (Å²) in [6.07, 6.45) is 5.14. The first kappa shape index (κ1) is 35.5. The third-order valence-corrected chi connectivity index (χ3v) is 9.54. The van der Waals surface area contributed by atoms with Crippen molar-refractivity contribution in [2.24, 2.45) is 22.7 Å². The smallest absolute Gasteiger partial charge is 0.407 e. The lowest BCUT2D eigenvalue weighted by Crippen LogP contribution is -2.67. The molecule has 2 saturated carbocycles. The normalized spacial score (nSPS) is 24.4. The first-order valence-corrected chi connectivity index (χ1v) is 16.0. The molecule has 248 valence electrons. The summed E-state index contributed by atoms with van der Waals surface area (Å²) in [5.74, 6) is -1.95. The van der Waals surface area contributed by atoms with Gasteiger partial charge in [-0.05, 0) is 54.8 Å². The average molecular weight is 620 g/mol. The third-order valence-electron chi connectivity index (χ3n) is 9.54. The Morgan fingerprint density at radius 3 is 2.18 bits per heavy atom. The Morgan fingerprint density at radius 1 is 1.00 bits per heavy atom. The van der Waals surface area contributed by atoms with Gasteiger partial charge in [-0.1, -0.05) is 61.3 Å². The number of likely N-dealkylation sites (tertiary alicyclic amines) is 1. The van der Waals surface area contributed by atoms with Crippen LogP contribution in [-0.4, -0.2) is 90.7 Å². The molecule has 2 aliphatic carbocycles. The highest BCUT2D eigenvalue weighted by Crippen LogP contribution is 2.43. The van der Waals surface area contributed by atoms with E-state index in [9.17, 15) is 28.8 Å². The zero-order valence-corrected chi connectivity index (χ0v) is 27.7. The molecule has 3 rings (SSSR count). The van der Waals surface area contributed by atoms with Crippen molar-refractivity contribution in [1.29, 1.82) is 0 Å². The maximum Gasteiger partial charge on any atom is 0.407 e. The molecule has 0 radical (unpaired) electrons. The molecule has 1 unspecified atom stereocenters. The zero-order valence-electron chi connectivity index (χ0n) is 27.7. The van der Waals surface area contributed by atoms with Crippen molar-refractivity contribution in [3.63, 3.8) is 0 Å². The largest absolute Gasteiger partial charge is 0.453 e. The van der Waals surface area contributed by atoms with Gasteiger partial charge in [0.1, 0.15) is 17.9 Å². The van der Waals surface area contributed by atoms with E-state index in [1.165, 1.54) is 7.11 Å². The number of hydrogen-bond acceptors (Lipinski definition) is 8. The molecule has 4 N–H and O–H groups in total. The van der Waals surface area contributed by atoms with E-state index in [2.05, 4.69) is 21.3 Å². The second-order valence-corrected chi connectivity index (χ2v) is 14.9. The number of amides is 4. The molecule has 1 saturated heterocycles. The van der Waals surface area contributed by atoms with E-state index < -0.39 is 58.2 Å². The van der Waals surface area contributed by atoms with Crippen molar-refractivity contribution in [2.75, 3.05) is 20.2 Å². The first-order chi connectivity index (χ1) is 20.5. The monoisotopic (exact) mass is 619 g/mol. The fourth-order valence-electron chi connectivity index (χ4n) is 6.50. The van der Waals surface area contributed by atoms with E-state index in [0.29, 0.717) is 25.7 Å². The number of ether oxygens (including phenoxy) is 1. The van der Waals surface area contributed by atoms with E-state index in [4.69, 9.17) is 4.74 Å². The molecule has 12 nitrogen and oxygen atoms in total. The maximum atomic E-state index is 14.4. The fraction of sp³-hybridized carbons (Fsp3) is 0.812. The van der Waals surface area contributed by atoms with Gasteiger partial charge in [-0.15, -0.1) is 0 Å². The lowest BCUT2D eigenvalue weighted by atomic mass is 9.73. The van der Waals surface area contributed by atoms with Crippen LogP contribution < -0.4 is 21.3 Å². The molecule has 3 aliphatic rings. The third kappa shape index (κ3) is 7.97. The Labute approximate surface area is 261 Å². The van der Waals surface area contributed by atoms with Crippen molar-refractivity contribution >= 4 is 35.9 Å². The molecule has 3 fully saturated rings. The summed E-state index contributed by atoms with van der Waals surface area (Å²) < 4.78 is 4.79. The van der Waals surface area contributed by atoms with E-state index in [1.807, 2.05) is 48.5 Å². The van der Waals surface area contributed by atoms with Crippen molar-refractivity contribution < 1.29 is 33.5 Å². The molecule has 4 amide bonds. The molecule has 0 aromatic rings. The Hall–Kier alpha value is -3.02. The van der Waals surface area contributed by atoms with Gasteiger partial charge in [0.05, 0.1) is 19.2 Å². The predicted octanol–water partition coefficient (Wildman–Crippen LogP) is 2.09. The van der Waals surface area contributed by atoms with Gasteiger partial charge in [0.2, 0.25) is 17.6 Å². The first-order valence-electron chi connectivity index (χ1n) is 16.0. The summed E-state index contributed by atoms with van der Waals surface area (Å²) >= 11 is 0. The van der Waals surface area contributed by atoms with E-state index in [1.54, 1.807) is 4.90 Å². The minimum Gasteiger partial charge on any atom is -0.453 e. The minimum absolute atomic E-state index is 0.0208. The van der Waals surface area contributed by atoms with Crippen LogP contribution in [-0.2, 0) is 28.7 Å². The van der Waals surface area contributed by atoms with Gasteiger partial charge in [0, 0.05) is 19.1 Å². The number of nitrogens with zero attached hydrogens (tertiary/aromatic N) is 1. The van der Waals surface area contributed by atoms with Crippen LogP contribution in [0.2, 0.25) is 0 Å². The topological polar surface area (TPSA) is 163 Å². The van der Waals surface area contributed by atoms with Crippen LogP contribution >= 0.6 is 0 Å². The van der Waals surface area contributed by atoms with Crippen LogP contribution in [0.15, 0.2) is 0 Å². The lowest BCUT2D eigenvalue weighted by molar-refractivity contribution is -0.145. The number of nitrogens with one attached hydrogen (secondary N) is 4. The second kappa shape index (κ2) is 14.0.